The van der Waals surface area contributed by atoms with E-state index in [-0.39, 0.29) is 5.91 Å². The predicted octanol–water partition coefficient (Wildman–Crippen LogP) is 1.45. The first-order valence-corrected chi connectivity index (χ1v) is 7.06. The maximum atomic E-state index is 12.6. The summed E-state index contributed by atoms with van der Waals surface area (Å²) in [5, 5.41) is 0. The van der Waals surface area contributed by atoms with Crippen LogP contribution in [0.3, 0.4) is 0 Å². The van der Waals surface area contributed by atoms with Gasteiger partial charge in [-0.2, -0.15) is 0 Å². The summed E-state index contributed by atoms with van der Waals surface area (Å²) >= 11 is 0. The van der Waals surface area contributed by atoms with Crippen molar-refractivity contribution in [1.29, 1.82) is 0 Å². The predicted molar refractivity (Wildman–Crippen MR) is 81.6 cm³/mol. The number of anilines is 1. The highest BCUT2D eigenvalue weighted by atomic mass is 16.2. The number of benzene rings is 1. The normalized spacial score (nSPS) is 19.2. The van der Waals surface area contributed by atoms with Crippen molar-refractivity contribution in [3.8, 4) is 0 Å². The summed E-state index contributed by atoms with van der Waals surface area (Å²) in [6.07, 6.45) is 2.22. The Morgan fingerprint density at radius 3 is 2.80 bits per heavy atom. The van der Waals surface area contributed by atoms with Crippen molar-refractivity contribution in [3.63, 3.8) is 0 Å². The molecule has 1 amide bonds. The maximum Gasteiger partial charge on any atom is 0.253 e. The van der Waals surface area contributed by atoms with Crippen molar-refractivity contribution in [2.24, 2.45) is 5.84 Å². The molecule has 1 aliphatic heterocycles. The number of likely N-dealkylation sites (tertiary alicyclic amines) is 1. The van der Waals surface area contributed by atoms with E-state index in [1.807, 2.05) is 30.0 Å². The number of carbonyl (C=O) groups excluding carboxylic acids is 1. The third kappa shape index (κ3) is 3.11. The van der Waals surface area contributed by atoms with Gasteiger partial charge in [-0.1, -0.05) is 0 Å². The van der Waals surface area contributed by atoms with Crippen molar-refractivity contribution < 1.29 is 4.79 Å². The molecule has 0 aromatic heterocycles. The van der Waals surface area contributed by atoms with Gasteiger partial charge < -0.3 is 15.2 Å². The molecule has 3 N–H and O–H groups in total. The number of nitrogens with zero attached hydrogens (tertiary/aromatic N) is 2. The van der Waals surface area contributed by atoms with Gasteiger partial charge in [0, 0.05) is 24.7 Å². The third-order valence-corrected chi connectivity index (χ3v) is 4.04. The van der Waals surface area contributed by atoms with Crippen LogP contribution in [0.4, 0.5) is 5.69 Å². The number of carbonyl (C=O) groups is 1. The number of nitrogen functional groups attached to an aromatic ring is 1. The van der Waals surface area contributed by atoms with Gasteiger partial charge in [-0.25, -0.2) is 0 Å². The van der Waals surface area contributed by atoms with Gasteiger partial charge >= 0.3 is 0 Å². The summed E-state index contributed by atoms with van der Waals surface area (Å²) in [7, 11) is 4.15. The molecular weight excluding hydrogens is 252 g/mol. The van der Waals surface area contributed by atoms with Crippen LogP contribution < -0.4 is 11.3 Å². The molecule has 5 heteroatoms. The summed E-state index contributed by atoms with van der Waals surface area (Å²) in [5.41, 5.74) is 5.21. The zero-order valence-electron chi connectivity index (χ0n) is 12.5. The second-order valence-electron chi connectivity index (χ2n) is 5.68. The van der Waals surface area contributed by atoms with Crippen LogP contribution in [0.5, 0.6) is 0 Å². The van der Waals surface area contributed by atoms with Crippen molar-refractivity contribution in [2.75, 3.05) is 32.6 Å². The summed E-state index contributed by atoms with van der Waals surface area (Å²) in [5.74, 6) is 5.53. The van der Waals surface area contributed by atoms with Crippen molar-refractivity contribution >= 4 is 11.6 Å². The number of nitrogens with one attached hydrogen (secondary N) is 1. The summed E-state index contributed by atoms with van der Waals surface area (Å²) < 4.78 is 0. The molecule has 20 heavy (non-hydrogen) atoms. The van der Waals surface area contributed by atoms with E-state index in [0.717, 1.165) is 42.7 Å². The molecule has 1 unspecified atom stereocenters. The maximum absolute atomic E-state index is 12.6. The Morgan fingerprint density at radius 2 is 2.20 bits per heavy atom. The summed E-state index contributed by atoms with van der Waals surface area (Å²) in [6.45, 7) is 3.60. The number of piperidine rings is 1. The number of amides is 1. The molecule has 1 aliphatic rings. The summed E-state index contributed by atoms with van der Waals surface area (Å²) in [4.78, 5) is 16.7. The van der Waals surface area contributed by atoms with Gasteiger partial charge in [-0.3, -0.25) is 10.6 Å². The number of hydrazine groups is 1. The van der Waals surface area contributed by atoms with Crippen molar-refractivity contribution in [3.05, 3.63) is 29.3 Å². The molecule has 0 saturated carbocycles. The standard InChI is InChI=1S/C15H24N4O/c1-11-9-12(6-7-14(11)17-16)15(20)19-8-4-5-13(10-19)18(2)3/h6-7,9,13,17H,4-5,8,10,16H2,1-3H3. The number of nitrogens with two attached hydrogens (primary N) is 1. The molecule has 2 rings (SSSR count). The number of hydrogen-bond donors (Lipinski definition) is 2. The first kappa shape index (κ1) is 14.8. The first-order valence-electron chi connectivity index (χ1n) is 7.06. The molecule has 110 valence electrons. The van der Waals surface area contributed by atoms with Gasteiger partial charge in [0.1, 0.15) is 0 Å². The number of hydrogen-bond acceptors (Lipinski definition) is 4. The van der Waals surface area contributed by atoms with Gasteiger partial charge in [0.05, 0.1) is 5.69 Å². The molecule has 1 aromatic rings. The molecule has 1 heterocycles. The Balaban J connectivity index is 2.12. The second kappa shape index (κ2) is 6.24. The number of likely N-dealkylation sites (N-methyl/N-ethyl adjacent to an activating group) is 1. The fraction of sp³-hybridized carbons (Fsp3) is 0.533. The lowest BCUT2D eigenvalue weighted by molar-refractivity contribution is 0.0635. The molecule has 0 spiro atoms. The lowest BCUT2D eigenvalue weighted by atomic mass is 10.0. The average Bonchev–Trinajstić information content (AvgIpc) is 2.46. The Hall–Kier alpha value is -1.59. The highest BCUT2D eigenvalue weighted by Crippen LogP contribution is 2.20. The summed E-state index contributed by atoms with van der Waals surface area (Å²) in [6, 6.07) is 6.05. The smallest absolute Gasteiger partial charge is 0.253 e. The van der Waals surface area contributed by atoms with E-state index in [4.69, 9.17) is 5.84 Å². The Labute approximate surface area is 120 Å². The number of aryl methyl sites for hydroxylation is 1. The molecule has 0 bridgehead atoms. The monoisotopic (exact) mass is 276 g/mol. The Morgan fingerprint density at radius 1 is 1.45 bits per heavy atom. The van der Waals surface area contributed by atoms with Crippen LogP contribution >= 0.6 is 0 Å². The highest BCUT2D eigenvalue weighted by Gasteiger charge is 2.25. The number of rotatable bonds is 3. The lowest BCUT2D eigenvalue weighted by Gasteiger charge is -2.36. The fourth-order valence-electron chi connectivity index (χ4n) is 2.70. The topological polar surface area (TPSA) is 61.6 Å². The zero-order chi connectivity index (χ0) is 14.7. The van der Waals surface area contributed by atoms with Gasteiger partial charge in [0.25, 0.3) is 5.91 Å². The fourth-order valence-corrected chi connectivity index (χ4v) is 2.70. The molecule has 5 nitrogen and oxygen atoms in total. The van der Waals surface area contributed by atoms with Crippen molar-refractivity contribution in [2.45, 2.75) is 25.8 Å². The Kier molecular flexibility index (Phi) is 4.62. The van der Waals surface area contributed by atoms with Crippen LogP contribution in [0.25, 0.3) is 0 Å². The van der Waals surface area contributed by atoms with Crippen LogP contribution in [-0.4, -0.2) is 48.9 Å². The molecule has 0 radical (unpaired) electrons. The van der Waals surface area contributed by atoms with E-state index >= 15 is 0 Å². The first-order chi connectivity index (χ1) is 9.52. The molecule has 1 fully saturated rings. The second-order valence-corrected chi connectivity index (χ2v) is 5.68. The largest absolute Gasteiger partial charge is 0.337 e. The lowest BCUT2D eigenvalue weighted by Crippen LogP contribution is -2.47. The SMILES string of the molecule is Cc1cc(C(=O)N2CCCC(N(C)C)C2)ccc1NN. The average molecular weight is 276 g/mol. The minimum Gasteiger partial charge on any atom is -0.337 e. The van der Waals surface area contributed by atoms with E-state index in [1.54, 1.807) is 0 Å². The zero-order valence-corrected chi connectivity index (χ0v) is 12.5. The minimum atomic E-state index is 0.114. The van der Waals surface area contributed by atoms with Crippen LogP contribution in [0.1, 0.15) is 28.8 Å². The third-order valence-electron chi connectivity index (χ3n) is 4.04. The molecular formula is C15H24N4O. The molecule has 0 aliphatic carbocycles. The van der Waals surface area contributed by atoms with Crippen LogP contribution in [-0.2, 0) is 0 Å². The van der Waals surface area contributed by atoms with E-state index in [1.165, 1.54) is 0 Å². The van der Waals surface area contributed by atoms with Crippen molar-refractivity contribution in [1.82, 2.24) is 9.80 Å². The Bertz CT molecular complexity index is 487. The van der Waals surface area contributed by atoms with Gasteiger partial charge in [0.2, 0.25) is 0 Å². The van der Waals surface area contributed by atoms with Gasteiger partial charge in [-0.05, 0) is 57.6 Å². The molecule has 1 atom stereocenters. The van der Waals surface area contributed by atoms with Crippen LogP contribution in [0.15, 0.2) is 18.2 Å². The van der Waals surface area contributed by atoms with Crippen LogP contribution in [0.2, 0.25) is 0 Å². The van der Waals surface area contributed by atoms with Crippen LogP contribution in [0, 0.1) is 6.92 Å². The van der Waals surface area contributed by atoms with E-state index in [9.17, 15) is 4.79 Å². The minimum absolute atomic E-state index is 0.114. The quantitative estimate of drug-likeness (QED) is 0.648. The van der Waals surface area contributed by atoms with E-state index in [2.05, 4.69) is 24.4 Å². The molecule has 1 aromatic carbocycles. The van der Waals surface area contributed by atoms with E-state index in [0.29, 0.717) is 6.04 Å². The highest BCUT2D eigenvalue weighted by molar-refractivity contribution is 5.95. The molecule has 1 saturated heterocycles. The van der Waals surface area contributed by atoms with Gasteiger partial charge in [0.15, 0.2) is 0 Å². The van der Waals surface area contributed by atoms with Gasteiger partial charge in [-0.15, -0.1) is 0 Å². The van der Waals surface area contributed by atoms with E-state index < -0.39 is 0 Å².